The Morgan fingerprint density at radius 2 is 1.94 bits per heavy atom. The van der Waals surface area contributed by atoms with E-state index in [-0.39, 0.29) is 41.5 Å². The minimum Gasteiger partial charge on any atom is -0.468 e. The summed E-state index contributed by atoms with van der Waals surface area (Å²) in [6.45, 7) is -4.84. The first-order valence-electron chi connectivity index (χ1n) is 8.95. The highest BCUT2D eigenvalue weighted by atomic mass is 32.2. The molecule has 0 amide bonds. The van der Waals surface area contributed by atoms with Crippen molar-refractivity contribution >= 4 is 16.1 Å². The summed E-state index contributed by atoms with van der Waals surface area (Å²) >= 11 is 0. The molecule has 0 aliphatic heterocycles. The van der Waals surface area contributed by atoms with Crippen LogP contribution in [0.5, 0.6) is 11.6 Å². The van der Waals surface area contributed by atoms with Crippen molar-refractivity contribution in [2.24, 2.45) is 0 Å². The molecule has 0 bridgehead atoms. The summed E-state index contributed by atoms with van der Waals surface area (Å²) in [5.74, 6) is -0.341. The van der Waals surface area contributed by atoms with Gasteiger partial charge in [0.2, 0.25) is 15.9 Å². The van der Waals surface area contributed by atoms with E-state index in [0.717, 1.165) is 0 Å². The molecular weight excluding hydrogens is 447 g/mol. The number of aromatic nitrogens is 1. The molecule has 0 saturated heterocycles. The third-order valence-electron chi connectivity index (χ3n) is 4.32. The van der Waals surface area contributed by atoms with Gasteiger partial charge < -0.3 is 9.47 Å². The van der Waals surface area contributed by atoms with E-state index in [1.54, 1.807) is 0 Å². The Hall–Kier alpha value is -2.73. The first-order chi connectivity index (χ1) is 14.5. The lowest BCUT2D eigenvalue weighted by Gasteiger charge is -2.18. The van der Waals surface area contributed by atoms with E-state index in [1.165, 1.54) is 42.6 Å². The van der Waals surface area contributed by atoms with Gasteiger partial charge in [0, 0.05) is 18.3 Å². The van der Waals surface area contributed by atoms with Gasteiger partial charge in [-0.15, -0.1) is 0 Å². The fourth-order valence-electron chi connectivity index (χ4n) is 2.94. The van der Waals surface area contributed by atoms with Crippen LogP contribution >= 0.6 is 0 Å². The molecule has 1 aliphatic carbocycles. The number of nitrogens with zero attached hydrogens (tertiary/aromatic N) is 1. The normalized spacial score (nSPS) is 14.2. The Morgan fingerprint density at radius 3 is 2.65 bits per heavy atom. The number of benzene rings is 1. The Kier molecular flexibility index (Phi) is 6.80. The summed E-state index contributed by atoms with van der Waals surface area (Å²) in [6, 6.07) is 7.06. The molecule has 3 rings (SSSR count). The Labute approximate surface area is 174 Å². The summed E-state index contributed by atoms with van der Waals surface area (Å²) in [6.07, 6.45) is -1.51. The molecule has 0 fully saturated rings. The van der Waals surface area contributed by atoms with E-state index in [1.807, 2.05) is 0 Å². The average molecular weight is 464 g/mol. The molecule has 31 heavy (non-hydrogen) atoms. The third kappa shape index (κ3) is 6.37. The fourth-order valence-corrected chi connectivity index (χ4v) is 4.12. The quantitative estimate of drug-likeness (QED) is 0.597. The molecule has 0 unspecified atom stereocenters. The number of pyridine rings is 1. The predicted octanol–water partition coefficient (Wildman–Crippen LogP) is 4.03. The van der Waals surface area contributed by atoms with Gasteiger partial charge in [-0.1, -0.05) is 12.1 Å². The van der Waals surface area contributed by atoms with Crippen LogP contribution in [-0.4, -0.2) is 32.8 Å². The van der Waals surface area contributed by atoms with Crippen molar-refractivity contribution in [1.82, 2.24) is 9.71 Å². The van der Waals surface area contributed by atoms with Gasteiger partial charge in [-0.05, 0) is 48.2 Å². The molecule has 0 atom stereocenters. The molecule has 1 aromatic carbocycles. The lowest BCUT2D eigenvalue weighted by molar-refractivity contribution is -0.154. The van der Waals surface area contributed by atoms with Crippen molar-refractivity contribution in [2.75, 3.05) is 6.61 Å². The van der Waals surface area contributed by atoms with Crippen molar-refractivity contribution < 1.29 is 39.8 Å². The molecule has 0 radical (unpaired) electrons. The van der Waals surface area contributed by atoms with Crippen LogP contribution in [0.4, 0.5) is 22.0 Å². The molecule has 2 aromatic rings. The zero-order valence-electron chi connectivity index (χ0n) is 15.8. The largest absolute Gasteiger partial charge is 0.468 e. The highest BCUT2D eigenvalue weighted by molar-refractivity contribution is 7.93. The standard InChI is InChI=1S/C19H17F5N2O4S/c20-18(21)30-15-5-3-13-9-16(6-4-12(13)8-15)31(27,28)26-10-14-2-1-7-25-17(14)29-11-19(22,23)24/h1-3,5,7-9,18,26H,4,6,10-11H2. The second kappa shape index (κ2) is 9.18. The number of fused-ring (bicyclic) bond motifs is 1. The summed E-state index contributed by atoms with van der Waals surface area (Å²) in [4.78, 5) is 3.78. The molecular formula is C19H17F5N2O4S. The topological polar surface area (TPSA) is 77.5 Å². The number of allylic oxidation sites excluding steroid dienone is 1. The highest BCUT2D eigenvalue weighted by Gasteiger charge is 2.29. The van der Waals surface area contributed by atoms with Crippen molar-refractivity contribution in [2.45, 2.75) is 32.2 Å². The Balaban J connectivity index is 1.72. The number of rotatable bonds is 8. The SMILES string of the molecule is O=S(=O)(NCc1cccnc1OCC(F)(F)F)C1=Cc2ccc(OC(F)F)cc2CC1. The van der Waals surface area contributed by atoms with Crippen molar-refractivity contribution in [3.05, 3.63) is 58.1 Å². The van der Waals surface area contributed by atoms with E-state index >= 15 is 0 Å². The molecule has 12 heteroatoms. The lowest BCUT2D eigenvalue weighted by atomic mass is 9.97. The van der Waals surface area contributed by atoms with Crippen LogP contribution in [0.2, 0.25) is 0 Å². The second-order valence-corrected chi connectivity index (χ2v) is 8.37. The first-order valence-corrected chi connectivity index (χ1v) is 10.4. The number of hydrogen-bond donors (Lipinski definition) is 1. The predicted molar refractivity (Wildman–Crippen MR) is 101 cm³/mol. The van der Waals surface area contributed by atoms with Crippen LogP contribution in [0.15, 0.2) is 41.4 Å². The Morgan fingerprint density at radius 1 is 1.16 bits per heavy atom. The van der Waals surface area contributed by atoms with Crippen LogP contribution in [-0.2, 0) is 23.0 Å². The maximum absolute atomic E-state index is 12.7. The first kappa shape index (κ1) is 22.9. The van der Waals surface area contributed by atoms with Crippen LogP contribution in [0.3, 0.4) is 0 Å². The summed E-state index contributed by atoms with van der Waals surface area (Å²) in [5, 5.41) is 0. The van der Waals surface area contributed by atoms with Gasteiger partial charge in [0.1, 0.15) is 5.75 Å². The lowest BCUT2D eigenvalue weighted by Crippen LogP contribution is -2.26. The zero-order valence-corrected chi connectivity index (χ0v) is 16.6. The minimum absolute atomic E-state index is 0.0189. The zero-order chi connectivity index (χ0) is 22.6. The van der Waals surface area contributed by atoms with Crippen LogP contribution in [0.25, 0.3) is 6.08 Å². The van der Waals surface area contributed by atoms with Crippen LogP contribution in [0.1, 0.15) is 23.1 Å². The average Bonchev–Trinajstić information content (AvgIpc) is 2.70. The Bertz CT molecular complexity index is 1070. The van der Waals surface area contributed by atoms with Crippen molar-refractivity contribution in [1.29, 1.82) is 0 Å². The van der Waals surface area contributed by atoms with Crippen LogP contribution in [0, 0.1) is 0 Å². The smallest absolute Gasteiger partial charge is 0.422 e. The summed E-state index contributed by atoms with van der Waals surface area (Å²) < 4.78 is 98.5. The number of nitrogens with one attached hydrogen (secondary N) is 1. The van der Waals surface area contributed by atoms with Crippen molar-refractivity contribution in [3.63, 3.8) is 0 Å². The van der Waals surface area contributed by atoms with Gasteiger partial charge in [-0.25, -0.2) is 18.1 Å². The van der Waals surface area contributed by atoms with Gasteiger partial charge >= 0.3 is 12.8 Å². The highest BCUT2D eigenvalue weighted by Crippen LogP contribution is 2.30. The van der Waals surface area contributed by atoms with E-state index in [2.05, 4.69) is 19.2 Å². The fraction of sp³-hybridized carbons (Fsp3) is 0.316. The molecule has 0 saturated carbocycles. The number of alkyl halides is 5. The monoisotopic (exact) mass is 464 g/mol. The maximum atomic E-state index is 12.7. The molecule has 0 spiro atoms. The van der Waals surface area contributed by atoms with E-state index in [0.29, 0.717) is 11.1 Å². The number of aryl methyl sites for hydroxylation is 1. The van der Waals surface area contributed by atoms with E-state index in [4.69, 9.17) is 0 Å². The molecule has 1 heterocycles. The second-order valence-electron chi connectivity index (χ2n) is 6.55. The number of hydrogen-bond acceptors (Lipinski definition) is 5. The van der Waals surface area contributed by atoms with E-state index < -0.39 is 29.4 Å². The van der Waals surface area contributed by atoms with Gasteiger partial charge in [0.05, 0.1) is 4.91 Å². The molecule has 1 N–H and O–H groups in total. The third-order valence-corrected chi connectivity index (χ3v) is 5.85. The molecule has 168 valence electrons. The van der Waals surface area contributed by atoms with Crippen molar-refractivity contribution in [3.8, 4) is 11.6 Å². The van der Waals surface area contributed by atoms with E-state index in [9.17, 15) is 30.4 Å². The molecule has 1 aromatic heterocycles. The maximum Gasteiger partial charge on any atom is 0.422 e. The summed E-state index contributed by atoms with van der Waals surface area (Å²) in [7, 11) is -3.96. The van der Waals surface area contributed by atoms with Gasteiger partial charge in [0.15, 0.2) is 6.61 Å². The number of halogens is 5. The van der Waals surface area contributed by atoms with Gasteiger partial charge in [0.25, 0.3) is 0 Å². The van der Waals surface area contributed by atoms with Crippen LogP contribution < -0.4 is 14.2 Å². The van der Waals surface area contributed by atoms with Gasteiger partial charge in [-0.3, -0.25) is 0 Å². The molecule has 1 aliphatic rings. The van der Waals surface area contributed by atoms with Gasteiger partial charge in [-0.2, -0.15) is 22.0 Å². The number of ether oxygens (including phenoxy) is 2. The minimum atomic E-state index is -4.56. The number of sulfonamides is 1. The molecule has 6 nitrogen and oxygen atoms in total. The summed E-state index contributed by atoms with van der Waals surface area (Å²) in [5.41, 5.74) is 1.34.